The number of rotatable bonds is 5. The van der Waals surface area contributed by atoms with Crippen LogP contribution >= 0.6 is 0 Å². The Morgan fingerprint density at radius 2 is 2.19 bits per heavy atom. The highest BCUT2D eigenvalue weighted by molar-refractivity contribution is 5.90. The van der Waals surface area contributed by atoms with Crippen molar-refractivity contribution in [2.75, 3.05) is 0 Å². The van der Waals surface area contributed by atoms with Crippen LogP contribution in [0, 0.1) is 6.92 Å². The lowest BCUT2D eigenvalue weighted by Gasteiger charge is -2.12. The number of carbonyl (C=O) groups excluding carboxylic acids is 2. The summed E-state index contributed by atoms with van der Waals surface area (Å²) in [5.74, 6) is -0.491. The second-order valence-corrected chi connectivity index (χ2v) is 4.39. The SMILES string of the molecule is Cc1cnc(C(=O)OC(C)C(=O)NCc2ccco2)cn1. The molecule has 2 aromatic heterocycles. The minimum absolute atomic E-state index is 0.0614. The predicted octanol–water partition coefficient (Wildman–Crippen LogP) is 1.24. The van der Waals surface area contributed by atoms with Gasteiger partial charge in [0.1, 0.15) is 5.76 Å². The van der Waals surface area contributed by atoms with E-state index in [4.69, 9.17) is 9.15 Å². The smallest absolute Gasteiger partial charge is 0.359 e. The summed E-state index contributed by atoms with van der Waals surface area (Å²) in [4.78, 5) is 31.4. The third kappa shape index (κ3) is 4.13. The highest BCUT2D eigenvalue weighted by Gasteiger charge is 2.19. The molecule has 7 nitrogen and oxygen atoms in total. The first-order valence-electron chi connectivity index (χ1n) is 6.36. The van der Waals surface area contributed by atoms with E-state index in [1.165, 1.54) is 25.6 Å². The Morgan fingerprint density at radius 3 is 2.81 bits per heavy atom. The van der Waals surface area contributed by atoms with Crippen LogP contribution in [-0.2, 0) is 16.1 Å². The average Bonchev–Trinajstić information content (AvgIpc) is 2.98. The summed E-state index contributed by atoms with van der Waals surface area (Å²) in [6.07, 6.45) is 3.35. The highest BCUT2D eigenvalue weighted by atomic mass is 16.5. The van der Waals surface area contributed by atoms with Gasteiger partial charge in [-0.1, -0.05) is 0 Å². The van der Waals surface area contributed by atoms with Gasteiger partial charge in [-0.15, -0.1) is 0 Å². The molecule has 2 heterocycles. The fourth-order valence-corrected chi connectivity index (χ4v) is 1.50. The number of nitrogens with one attached hydrogen (secondary N) is 1. The maximum absolute atomic E-state index is 11.8. The van der Waals surface area contributed by atoms with E-state index >= 15 is 0 Å². The molecule has 1 amide bonds. The molecule has 7 heteroatoms. The summed E-state index contributed by atoms with van der Waals surface area (Å²) in [5.41, 5.74) is 0.752. The zero-order chi connectivity index (χ0) is 15.2. The topological polar surface area (TPSA) is 94.3 Å². The Hall–Kier alpha value is -2.70. The van der Waals surface area contributed by atoms with Gasteiger partial charge in [-0.25, -0.2) is 9.78 Å². The molecule has 1 unspecified atom stereocenters. The molecule has 110 valence electrons. The maximum Gasteiger partial charge on any atom is 0.359 e. The van der Waals surface area contributed by atoms with Crippen LogP contribution in [0.2, 0.25) is 0 Å². The number of aromatic nitrogens is 2. The Balaban J connectivity index is 1.85. The van der Waals surface area contributed by atoms with E-state index in [9.17, 15) is 9.59 Å². The number of aryl methyl sites for hydroxylation is 1. The monoisotopic (exact) mass is 289 g/mol. The standard InChI is InChI=1S/C14H15N3O4/c1-9-6-16-12(8-15-9)14(19)21-10(2)13(18)17-7-11-4-3-5-20-11/h3-6,8,10H,7H2,1-2H3,(H,17,18). The number of nitrogens with zero attached hydrogens (tertiary/aromatic N) is 2. The maximum atomic E-state index is 11.8. The molecule has 0 radical (unpaired) electrons. The molecule has 2 aromatic rings. The number of amides is 1. The van der Waals surface area contributed by atoms with Crippen molar-refractivity contribution in [2.24, 2.45) is 0 Å². The van der Waals surface area contributed by atoms with Gasteiger partial charge >= 0.3 is 5.97 Å². The normalized spacial score (nSPS) is 11.7. The second-order valence-electron chi connectivity index (χ2n) is 4.39. The minimum Gasteiger partial charge on any atom is -0.467 e. The van der Waals surface area contributed by atoms with Crippen molar-refractivity contribution in [1.82, 2.24) is 15.3 Å². The van der Waals surface area contributed by atoms with Crippen LogP contribution in [-0.4, -0.2) is 27.9 Å². The molecule has 0 aliphatic rings. The van der Waals surface area contributed by atoms with Crippen molar-refractivity contribution >= 4 is 11.9 Å². The molecule has 0 bridgehead atoms. The van der Waals surface area contributed by atoms with E-state index in [1.807, 2.05) is 0 Å². The van der Waals surface area contributed by atoms with Crippen LogP contribution in [0.25, 0.3) is 0 Å². The summed E-state index contributed by atoms with van der Waals surface area (Å²) in [5, 5.41) is 2.60. The van der Waals surface area contributed by atoms with E-state index in [0.29, 0.717) is 11.5 Å². The van der Waals surface area contributed by atoms with E-state index in [-0.39, 0.29) is 12.2 Å². The van der Waals surface area contributed by atoms with Crippen LogP contribution in [0.3, 0.4) is 0 Å². The van der Waals surface area contributed by atoms with Gasteiger partial charge < -0.3 is 14.5 Å². The molecule has 0 aromatic carbocycles. The molecular weight excluding hydrogens is 274 g/mol. The van der Waals surface area contributed by atoms with Gasteiger partial charge in [0.25, 0.3) is 5.91 Å². The first-order chi connectivity index (χ1) is 10.1. The van der Waals surface area contributed by atoms with Gasteiger partial charge in [0, 0.05) is 6.20 Å². The van der Waals surface area contributed by atoms with Crippen LogP contribution in [0.4, 0.5) is 0 Å². The number of ether oxygens (including phenoxy) is 1. The lowest BCUT2D eigenvalue weighted by molar-refractivity contribution is -0.129. The molecule has 1 N–H and O–H groups in total. The number of furan rings is 1. The van der Waals surface area contributed by atoms with Crippen molar-refractivity contribution in [1.29, 1.82) is 0 Å². The number of esters is 1. The van der Waals surface area contributed by atoms with Crippen molar-refractivity contribution in [2.45, 2.75) is 26.5 Å². The van der Waals surface area contributed by atoms with Crippen molar-refractivity contribution in [3.05, 3.63) is 47.9 Å². The summed E-state index contributed by atoms with van der Waals surface area (Å²) < 4.78 is 10.1. The third-order valence-corrected chi connectivity index (χ3v) is 2.66. The minimum atomic E-state index is -0.935. The fraction of sp³-hybridized carbons (Fsp3) is 0.286. The molecule has 0 fully saturated rings. The van der Waals surface area contributed by atoms with Gasteiger partial charge in [-0.2, -0.15) is 0 Å². The summed E-state index contributed by atoms with van der Waals surface area (Å²) in [6, 6.07) is 3.46. The Kier molecular flexibility index (Phi) is 4.65. The Labute approximate surface area is 121 Å². The van der Waals surface area contributed by atoms with E-state index < -0.39 is 18.0 Å². The first kappa shape index (κ1) is 14.7. The van der Waals surface area contributed by atoms with Crippen molar-refractivity contribution in [3.63, 3.8) is 0 Å². The Morgan fingerprint density at radius 1 is 1.38 bits per heavy atom. The molecule has 1 atom stereocenters. The highest BCUT2D eigenvalue weighted by Crippen LogP contribution is 2.03. The molecule has 0 saturated carbocycles. The van der Waals surface area contributed by atoms with Gasteiger partial charge in [-0.05, 0) is 26.0 Å². The molecule has 0 aliphatic heterocycles. The molecule has 2 rings (SSSR count). The summed E-state index contributed by atoms with van der Waals surface area (Å²) in [6.45, 7) is 3.47. The molecule has 21 heavy (non-hydrogen) atoms. The summed E-state index contributed by atoms with van der Waals surface area (Å²) in [7, 11) is 0. The van der Waals surface area contributed by atoms with E-state index in [0.717, 1.165) is 0 Å². The lowest BCUT2D eigenvalue weighted by Crippen LogP contribution is -2.35. The average molecular weight is 289 g/mol. The zero-order valence-electron chi connectivity index (χ0n) is 11.7. The third-order valence-electron chi connectivity index (χ3n) is 2.66. The first-order valence-corrected chi connectivity index (χ1v) is 6.36. The zero-order valence-corrected chi connectivity index (χ0v) is 11.7. The van der Waals surface area contributed by atoms with Crippen molar-refractivity contribution in [3.8, 4) is 0 Å². The predicted molar refractivity (Wildman–Crippen MR) is 72.2 cm³/mol. The van der Waals surface area contributed by atoms with Gasteiger partial charge in [0.05, 0.1) is 24.7 Å². The van der Waals surface area contributed by atoms with Gasteiger partial charge in [0.15, 0.2) is 11.8 Å². The number of hydrogen-bond donors (Lipinski definition) is 1. The largest absolute Gasteiger partial charge is 0.467 e. The molecule has 0 spiro atoms. The lowest BCUT2D eigenvalue weighted by atomic mass is 10.3. The van der Waals surface area contributed by atoms with E-state index in [1.54, 1.807) is 19.1 Å². The molecule has 0 aliphatic carbocycles. The van der Waals surface area contributed by atoms with Gasteiger partial charge in [0.2, 0.25) is 0 Å². The van der Waals surface area contributed by atoms with Crippen LogP contribution in [0.5, 0.6) is 0 Å². The quantitative estimate of drug-likeness (QED) is 0.832. The number of hydrogen-bond acceptors (Lipinski definition) is 6. The van der Waals surface area contributed by atoms with Gasteiger partial charge in [-0.3, -0.25) is 9.78 Å². The van der Waals surface area contributed by atoms with Crippen LogP contribution < -0.4 is 5.32 Å². The summed E-state index contributed by atoms with van der Waals surface area (Å²) >= 11 is 0. The Bertz CT molecular complexity index is 608. The number of carbonyl (C=O) groups is 2. The van der Waals surface area contributed by atoms with E-state index in [2.05, 4.69) is 15.3 Å². The van der Waals surface area contributed by atoms with Crippen LogP contribution in [0.1, 0.15) is 28.9 Å². The van der Waals surface area contributed by atoms with Crippen LogP contribution in [0.15, 0.2) is 35.2 Å². The molecule has 0 saturated heterocycles. The second kappa shape index (κ2) is 6.65. The van der Waals surface area contributed by atoms with Crippen molar-refractivity contribution < 1.29 is 18.7 Å². The molecular formula is C14H15N3O4. The fourth-order valence-electron chi connectivity index (χ4n) is 1.50.